The summed E-state index contributed by atoms with van der Waals surface area (Å²) in [5, 5.41) is 2.81. The van der Waals surface area contributed by atoms with Crippen LogP contribution in [0.2, 0.25) is 0 Å². The van der Waals surface area contributed by atoms with Gasteiger partial charge in [0.25, 0.3) is 0 Å². The second-order valence-corrected chi connectivity index (χ2v) is 6.30. The van der Waals surface area contributed by atoms with E-state index in [0.717, 1.165) is 16.8 Å². The third-order valence-electron chi connectivity index (χ3n) is 4.16. The highest BCUT2D eigenvalue weighted by Gasteiger charge is 2.19. The molecule has 6 heteroatoms. The maximum atomic E-state index is 12.5. The van der Waals surface area contributed by atoms with Crippen LogP contribution >= 0.6 is 0 Å². The van der Waals surface area contributed by atoms with Crippen LogP contribution in [0.4, 0.5) is 11.4 Å². The zero-order chi connectivity index (χ0) is 18.7. The fraction of sp³-hybridized carbons (Fsp3) is 0.300. The van der Waals surface area contributed by atoms with Gasteiger partial charge < -0.3 is 19.7 Å². The quantitative estimate of drug-likeness (QED) is 0.916. The van der Waals surface area contributed by atoms with Crippen LogP contribution in [0.25, 0.3) is 0 Å². The molecule has 1 aliphatic rings. The zero-order valence-electron chi connectivity index (χ0n) is 15.2. The highest BCUT2D eigenvalue weighted by Crippen LogP contribution is 2.32. The van der Waals surface area contributed by atoms with Crippen LogP contribution in [0.15, 0.2) is 36.4 Å². The predicted molar refractivity (Wildman–Crippen MR) is 100 cm³/mol. The monoisotopic (exact) mass is 354 g/mol. The van der Waals surface area contributed by atoms with Crippen LogP contribution in [0.1, 0.15) is 18.1 Å². The number of ether oxygens (including phenoxy) is 2. The van der Waals surface area contributed by atoms with E-state index in [2.05, 4.69) is 5.32 Å². The first-order chi connectivity index (χ1) is 12.4. The highest BCUT2D eigenvalue weighted by atomic mass is 16.6. The summed E-state index contributed by atoms with van der Waals surface area (Å²) in [4.78, 5) is 26.1. The van der Waals surface area contributed by atoms with E-state index in [1.807, 2.05) is 32.0 Å². The lowest BCUT2D eigenvalue weighted by Gasteiger charge is -2.23. The average molecular weight is 354 g/mol. The molecule has 6 nitrogen and oxygen atoms in total. The fourth-order valence-electron chi connectivity index (χ4n) is 2.84. The van der Waals surface area contributed by atoms with Gasteiger partial charge in [0, 0.05) is 24.4 Å². The predicted octanol–water partition coefficient (Wildman–Crippen LogP) is 3.07. The minimum Gasteiger partial charge on any atom is -0.486 e. The topological polar surface area (TPSA) is 67.9 Å². The second-order valence-electron chi connectivity index (χ2n) is 6.30. The molecule has 0 unspecified atom stereocenters. The molecule has 0 atom stereocenters. The second kappa shape index (κ2) is 7.47. The van der Waals surface area contributed by atoms with E-state index in [0.29, 0.717) is 30.4 Å². The Morgan fingerprint density at radius 1 is 1.04 bits per heavy atom. The summed E-state index contributed by atoms with van der Waals surface area (Å²) in [7, 11) is 0. The van der Waals surface area contributed by atoms with E-state index < -0.39 is 0 Å². The molecule has 1 aliphatic heterocycles. The Morgan fingerprint density at radius 3 is 2.50 bits per heavy atom. The standard InChI is InChI=1S/C20H22N2O4/c1-13-4-5-14(2)17(10-13)22(15(3)23)12-20(24)21-16-6-7-18-19(11-16)26-9-8-25-18/h4-7,10-11H,8-9,12H2,1-3H3,(H,21,24). The molecule has 0 bridgehead atoms. The number of anilines is 2. The van der Waals surface area contributed by atoms with Gasteiger partial charge in [-0.2, -0.15) is 0 Å². The van der Waals surface area contributed by atoms with Crippen molar-refractivity contribution in [1.29, 1.82) is 0 Å². The van der Waals surface area contributed by atoms with E-state index in [1.54, 1.807) is 18.2 Å². The van der Waals surface area contributed by atoms with Gasteiger partial charge in [-0.25, -0.2) is 0 Å². The molecule has 0 saturated heterocycles. The Labute approximate surface area is 152 Å². The number of amides is 2. The number of carbonyl (C=O) groups is 2. The van der Waals surface area contributed by atoms with E-state index in [9.17, 15) is 9.59 Å². The molecule has 0 radical (unpaired) electrons. The number of fused-ring (bicyclic) bond motifs is 1. The average Bonchev–Trinajstić information content (AvgIpc) is 2.61. The van der Waals surface area contributed by atoms with Crippen molar-refractivity contribution in [1.82, 2.24) is 0 Å². The fourth-order valence-corrected chi connectivity index (χ4v) is 2.84. The third kappa shape index (κ3) is 3.96. The number of benzene rings is 2. The van der Waals surface area contributed by atoms with Crippen molar-refractivity contribution in [3.63, 3.8) is 0 Å². The first-order valence-corrected chi connectivity index (χ1v) is 8.49. The number of nitrogens with one attached hydrogen (secondary N) is 1. The summed E-state index contributed by atoms with van der Waals surface area (Å²) >= 11 is 0. The van der Waals surface area contributed by atoms with Crippen molar-refractivity contribution in [2.24, 2.45) is 0 Å². The van der Waals surface area contributed by atoms with E-state index in [4.69, 9.17) is 9.47 Å². The van der Waals surface area contributed by atoms with Gasteiger partial charge in [-0.3, -0.25) is 9.59 Å². The lowest BCUT2D eigenvalue weighted by molar-refractivity contribution is -0.120. The molecular weight excluding hydrogens is 332 g/mol. The lowest BCUT2D eigenvalue weighted by Crippen LogP contribution is -2.37. The Hall–Kier alpha value is -3.02. The van der Waals surface area contributed by atoms with Gasteiger partial charge in [0.05, 0.1) is 0 Å². The van der Waals surface area contributed by atoms with E-state index in [-0.39, 0.29) is 18.4 Å². The first-order valence-electron chi connectivity index (χ1n) is 8.49. The van der Waals surface area contributed by atoms with Gasteiger partial charge in [-0.05, 0) is 43.2 Å². The molecule has 0 saturated carbocycles. The van der Waals surface area contributed by atoms with Gasteiger partial charge in [-0.15, -0.1) is 0 Å². The molecule has 2 aromatic rings. The Balaban J connectivity index is 1.74. The SMILES string of the molecule is CC(=O)N(CC(=O)Nc1ccc2c(c1)OCCO2)c1cc(C)ccc1C. The number of aryl methyl sites for hydroxylation is 2. The maximum Gasteiger partial charge on any atom is 0.244 e. The molecule has 0 fully saturated rings. The summed E-state index contributed by atoms with van der Waals surface area (Å²) in [6, 6.07) is 11.1. The van der Waals surface area contributed by atoms with Crippen molar-refractivity contribution in [2.75, 3.05) is 30.0 Å². The molecular formula is C20H22N2O4. The lowest BCUT2D eigenvalue weighted by atomic mass is 10.1. The minimum absolute atomic E-state index is 0.0614. The van der Waals surface area contributed by atoms with Crippen molar-refractivity contribution >= 4 is 23.2 Å². The minimum atomic E-state index is -0.280. The smallest absolute Gasteiger partial charge is 0.244 e. The van der Waals surface area contributed by atoms with Crippen LogP contribution in [0.5, 0.6) is 11.5 Å². The molecule has 26 heavy (non-hydrogen) atoms. The van der Waals surface area contributed by atoms with Crippen LogP contribution in [0, 0.1) is 13.8 Å². The molecule has 1 heterocycles. The maximum absolute atomic E-state index is 12.5. The molecule has 0 aromatic heterocycles. The summed E-state index contributed by atoms with van der Waals surface area (Å²) in [5.74, 6) is 0.802. The first kappa shape index (κ1) is 17.8. The Kier molecular flexibility index (Phi) is 5.11. The number of carbonyl (C=O) groups excluding carboxylic acids is 2. The molecule has 3 rings (SSSR count). The zero-order valence-corrected chi connectivity index (χ0v) is 15.2. The van der Waals surface area contributed by atoms with Gasteiger partial charge in [0.1, 0.15) is 19.8 Å². The molecule has 2 amide bonds. The van der Waals surface area contributed by atoms with Gasteiger partial charge in [0.15, 0.2) is 11.5 Å². The van der Waals surface area contributed by atoms with Crippen LogP contribution in [-0.2, 0) is 9.59 Å². The van der Waals surface area contributed by atoms with Crippen LogP contribution < -0.4 is 19.7 Å². The molecule has 0 aliphatic carbocycles. The van der Waals surface area contributed by atoms with Gasteiger partial charge >= 0.3 is 0 Å². The summed E-state index contributed by atoms with van der Waals surface area (Å²) in [6.45, 7) is 6.27. The van der Waals surface area contributed by atoms with Crippen molar-refractivity contribution in [2.45, 2.75) is 20.8 Å². The van der Waals surface area contributed by atoms with Gasteiger partial charge in [-0.1, -0.05) is 12.1 Å². The number of hydrogen-bond donors (Lipinski definition) is 1. The van der Waals surface area contributed by atoms with Crippen LogP contribution in [-0.4, -0.2) is 31.6 Å². The largest absolute Gasteiger partial charge is 0.486 e. The van der Waals surface area contributed by atoms with Crippen molar-refractivity contribution in [3.05, 3.63) is 47.5 Å². The molecule has 136 valence electrons. The van der Waals surface area contributed by atoms with Crippen molar-refractivity contribution < 1.29 is 19.1 Å². The van der Waals surface area contributed by atoms with Gasteiger partial charge in [0.2, 0.25) is 11.8 Å². The molecule has 1 N–H and O–H groups in total. The normalized spacial score (nSPS) is 12.4. The Morgan fingerprint density at radius 2 is 1.77 bits per heavy atom. The molecule has 0 spiro atoms. The summed E-state index contributed by atoms with van der Waals surface area (Å²) < 4.78 is 11.0. The van der Waals surface area contributed by atoms with E-state index in [1.165, 1.54) is 11.8 Å². The van der Waals surface area contributed by atoms with Crippen LogP contribution in [0.3, 0.4) is 0 Å². The summed E-state index contributed by atoms with van der Waals surface area (Å²) in [6.07, 6.45) is 0. The highest BCUT2D eigenvalue weighted by molar-refractivity contribution is 6.02. The third-order valence-corrected chi connectivity index (χ3v) is 4.16. The molecule has 2 aromatic carbocycles. The van der Waals surface area contributed by atoms with E-state index >= 15 is 0 Å². The summed E-state index contributed by atoms with van der Waals surface area (Å²) in [5.41, 5.74) is 3.32. The number of nitrogens with zero attached hydrogens (tertiary/aromatic N) is 1. The number of hydrogen-bond acceptors (Lipinski definition) is 4. The number of rotatable bonds is 4. The van der Waals surface area contributed by atoms with Crippen molar-refractivity contribution in [3.8, 4) is 11.5 Å². The Bertz CT molecular complexity index is 848.